The maximum absolute atomic E-state index is 11.4. The molecule has 3 atom stereocenters. The van der Waals surface area contributed by atoms with E-state index in [4.69, 9.17) is 0 Å². The van der Waals surface area contributed by atoms with Gasteiger partial charge in [-0.2, -0.15) is 0 Å². The lowest BCUT2D eigenvalue weighted by Crippen LogP contribution is -2.27. The first kappa shape index (κ1) is 15.9. The highest BCUT2D eigenvalue weighted by Crippen LogP contribution is 2.19. The van der Waals surface area contributed by atoms with Gasteiger partial charge in [0.1, 0.15) is 0 Å². The minimum Gasteiger partial charge on any atom is -0.305 e. The van der Waals surface area contributed by atoms with Crippen LogP contribution in [-0.4, -0.2) is 27.2 Å². The monoisotopic (exact) mass is 302 g/mol. The van der Waals surface area contributed by atoms with E-state index in [0.29, 0.717) is 0 Å². The van der Waals surface area contributed by atoms with Crippen molar-refractivity contribution in [1.82, 2.24) is 10.3 Å². The summed E-state index contributed by atoms with van der Waals surface area (Å²) in [6, 6.07) is 16.3. The molecule has 3 nitrogen and oxygen atoms in total. The molecule has 0 fully saturated rings. The Morgan fingerprint density at radius 2 is 1.86 bits per heavy atom. The maximum Gasteiger partial charge on any atom is 0.0751 e. The van der Waals surface area contributed by atoms with Crippen molar-refractivity contribution in [2.45, 2.75) is 24.6 Å². The van der Waals surface area contributed by atoms with Gasteiger partial charge in [0.15, 0.2) is 0 Å². The van der Waals surface area contributed by atoms with Crippen LogP contribution < -0.4 is 5.32 Å². The maximum atomic E-state index is 11.4. The molecule has 0 aliphatic carbocycles. The lowest BCUT2D eigenvalue weighted by Gasteiger charge is -2.19. The molecule has 1 aromatic carbocycles. The fourth-order valence-corrected chi connectivity index (χ4v) is 2.63. The van der Waals surface area contributed by atoms with Crippen molar-refractivity contribution in [3.63, 3.8) is 0 Å². The molecule has 1 aromatic heterocycles. The van der Waals surface area contributed by atoms with Crippen molar-refractivity contribution in [3.05, 3.63) is 66.0 Å². The number of hydrogen-bond donors (Lipinski definition) is 1. The Morgan fingerprint density at radius 1 is 1.14 bits per heavy atom. The Hall–Kier alpha value is -1.52. The molecule has 0 aliphatic rings. The van der Waals surface area contributed by atoms with Crippen molar-refractivity contribution in [2.75, 3.05) is 12.8 Å². The van der Waals surface area contributed by atoms with Crippen molar-refractivity contribution in [2.24, 2.45) is 0 Å². The first-order valence-corrected chi connectivity index (χ1v) is 8.82. The number of benzene rings is 1. The Kier molecular flexibility index (Phi) is 6.08. The molecule has 0 bridgehead atoms. The molecule has 0 saturated heterocycles. The van der Waals surface area contributed by atoms with E-state index in [2.05, 4.69) is 22.4 Å². The molecule has 2 aromatic rings. The third-order valence-electron chi connectivity index (χ3n) is 3.58. The Bertz CT molecular complexity index is 520. The highest BCUT2D eigenvalue weighted by Gasteiger charge is 2.15. The van der Waals surface area contributed by atoms with Gasteiger partial charge in [0.05, 0.1) is 11.7 Å². The lowest BCUT2D eigenvalue weighted by molar-refractivity contribution is 0.567. The smallest absolute Gasteiger partial charge is 0.0751 e. The van der Waals surface area contributed by atoms with Crippen molar-refractivity contribution < 1.29 is 4.21 Å². The van der Waals surface area contributed by atoms with E-state index < -0.39 is 10.8 Å². The van der Waals surface area contributed by atoms with Crippen LogP contribution in [0.3, 0.4) is 0 Å². The minimum atomic E-state index is -0.770. The molecule has 112 valence electrons. The highest BCUT2D eigenvalue weighted by atomic mass is 32.2. The second kappa shape index (κ2) is 8.05. The number of rotatable bonds is 7. The second-order valence-electron chi connectivity index (χ2n) is 5.15. The van der Waals surface area contributed by atoms with Gasteiger partial charge in [-0.3, -0.25) is 9.19 Å². The van der Waals surface area contributed by atoms with Crippen LogP contribution in [0.4, 0.5) is 0 Å². The van der Waals surface area contributed by atoms with Gasteiger partial charge in [0, 0.05) is 28.5 Å². The zero-order valence-corrected chi connectivity index (χ0v) is 13.3. The molecule has 0 aliphatic heterocycles. The highest BCUT2D eigenvalue weighted by molar-refractivity contribution is 7.84. The molecule has 0 amide bonds. The molecule has 4 heteroatoms. The lowest BCUT2D eigenvalue weighted by atomic mass is 10.0. The predicted molar refractivity (Wildman–Crippen MR) is 88.7 cm³/mol. The third kappa shape index (κ3) is 4.76. The van der Waals surface area contributed by atoms with E-state index in [0.717, 1.165) is 18.7 Å². The SMILES string of the molecule is CC(CCNC(c1ccccc1)c1ccccn1)S(C)=O. The van der Waals surface area contributed by atoms with E-state index in [-0.39, 0.29) is 11.3 Å². The molecule has 1 heterocycles. The summed E-state index contributed by atoms with van der Waals surface area (Å²) >= 11 is 0. The number of nitrogens with one attached hydrogen (secondary N) is 1. The van der Waals surface area contributed by atoms with Gasteiger partial charge in [-0.25, -0.2) is 0 Å². The topological polar surface area (TPSA) is 42.0 Å². The quantitative estimate of drug-likeness (QED) is 0.855. The van der Waals surface area contributed by atoms with Gasteiger partial charge in [-0.05, 0) is 30.7 Å². The normalized spacial score (nSPS) is 15.3. The Labute approximate surface area is 129 Å². The summed E-state index contributed by atoms with van der Waals surface area (Å²) in [6.07, 6.45) is 4.47. The van der Waals surface area contributed by atoms with E-state index in [1.165, 1.54) is 5.56 Å². The van der Waals surface area contributed by atoms with Crippen LogP contribution >= 0.6 is 0 Å². The standard InChI is InChI=1S/C17H22N2OS/c1-14(21(2)20)11-13-19-17(15-8-4-3-5-9-15)16-10-6-7-12-18-16/h3-10,12,14,17,19H,11,13H2,1-2H3. The van der Waals surface area contributed by atoms with Crippen LogP contribution in [0, 0.1) is 0 Å². The third-order valence-corrected chi connectivity index (χ3v) is 4.95. The molecule has 2 rings (SSSR count). The van der Waals surface area contributed by atoms with Crippen LogP contribution in [0.25, 0.3) is 0 Å². The van der Waals surface area contributed by atoms with Gasteiger partial charge < -0.3 is 5.32 Å². The minimum absolute atomic E-state index is 0.0740. The van der Waals surface area contributed by atoms with Crippen LogP contribution in [0.1, 0.15) is 30.6 Å². The summed E-state index contributed by atoms with van der Waals surface area (Å²) in [7, 11) is -0.770. The predicted octanol–water partition coefficient (Wildman–Crippen LogP) is 2.92. The molecular formula is C17H22N2OS. The first-order valence-electron chi connectivity index (χ1n) is 7.20. The van der Waals surface area contributed by atoms with Crippen LogP contribution in [0.2, 0.25) is 0 Å². The average molecular weight is 302 g/mol. The Balaban J connectivity index is 2.09. The second-order valence-corrected chi connectivity index (χ2v) is 6.95. The number of aromatic nitrogens is 1. The summed E-state index contributed by atoms with van der Waals surface area (Å²) in [5.41, 5.74) is 2.20. The number of hydrogen-bond acceptors (Lipinski definition) is 3. The fraction of sp³-hybridized carbons (Fsp3) is 0.353. The first-order chi connectivity index (χ1) is 10.2. The van der Waals surface area contributed by atoms with E-state index in [1.54, 1.807) is 6.26 Å². The number of nitrogens with zero attached hydrogens (tertiary/aromatic N) is 1. The zero-order valence-electron chi connectivity index (χ0n) is 12.5. The largest absolute Gasteiger partial charge is 0.305 e. The molecule has 21 heavy (non-hydrogen) atoms. The van der Waals surface area contributed by atoms with Gasteiger partial charge in [0.25, 0.3) is 0 Å². The van der Waals surface area contributed by atoms with Crippen molar-refractivity contribution in [1.29, 1.82) is 0 Å². The summed E-state index contributed by atoms with van der Waals surface area (Å²) in [4.78, 5) is 4.47. The Morgan fingerprint density at radius 3 is 2.48 bits per heavy atom. The summed E-state index contributed by atoms with van der Waals surface area (Å²) in [5, 5.41) is 3.75. The molecule has 0 spiro atoms. The molecule has 3 unspecified atom stereocenters. The van der Waals surface area contributed by atoms with Gasteiger partial charge in [-0.15, -0.1) is 0 Å². The van der Waals surface area contributed by atoms with Crippen molar-refractivity contribution in [3.8, 4) is 0 Å². The van der Waals surface area contributed by atoms with Crippen LogP contribution in [0.15, 0.2) is 54.7 Å². The van der Waals surface area contributed by atoms with E-state index >= 15 is 0 Å². The van der Waals surface area contributed by atoms with E-state index in [9.17, 15) is 4.21 Å². The molecule has 1 N–H and O–H groups in total. The van der Waals surface area contributed by atoms with E-state index in [1.807, 2.05) is 49.5 Å². The van der Waals surface area contributed by atoms with Crippen LogP contribution in [0.5, 0.6) is 0 Å². The molecule has 0 saturated carbocycles. The van der Waals surface area contributed by atoms with Gasteiger partial charge in [0.2, 0.25) is 0 Å². The van der Waals surface area contributed by atoms with Crippen molar-refractivity contribution >= 4 is 10.8 Å². The van der Waals surface area contributed by atoms with Gasteiger partial charge >= 0.3 is 0 Å². The summed E-state index contributed by atoms with van der Waals surface area (Å²) < 4.78 is 11.4. The van der Waals surface area contributed by atoms with Crippen LogP contribution in [-0.2, 0) is 10.8 Å². The average Bonchev–Trinajstić information content (AvgIpc) is 2.53. The molecular weight excluding hydrogens is 280 g/mol. The summed E-state index contributed by atoms with van der Waals surface area (Å²) in [5.74, 6) is 0. The molecule has 0 radical (unpaired) electrons. The summed E-state index contributed by atoms with van der Waals surface area (Å²) in [6.45, 7) is 2.84. The fourth-order valence-electron chi connectivity index (χ4n) is 2.18. The number of pyridine rings is 1. The van der Waals surface area contributed by atoms with Gasteiger partial charge in [-0.1, -0.05) is 43.3 Å². The zero-order chi connectivity index (χ0) is 15.1.